The van der Waals surface area contributed by atoms with Gasteiger partial charge in [0.25, 0.3) is 11.5 Å². The van der Waals surface area contributed by atoms with Crippen molar-refractivity contribution < 1.29 is 18.0 Å². The van der Waals surface area contributed by atoms with Gasteiger partial charge in [-0.25, -0.2) is 5.84 Å². The third kappa shape index (κ3) is 2.60. The van der Waals surface area contributed by atoms with Crippen LogP contribution in [0.25, 0.3) is 0 Å². The maximum atomic E-state index is 12.3. The molecule has 88 valence electrons. The fourth-order valence-electron chi connectivity index (χ4n) is 1.08. The van der Waals surface area contributed by atoms with Gasteiger partial charge in [-0.2, -0.15) is 13.2 Å². The molecule has 5 nitrogen and oxygen atoms in total. The molecule has 0 spiro atoms. The molecule has 1 heterocycles. The molecule has 0 unspecified atom stereocenters. The molecular formula is C8H8F3N3O2. The van der Waals surface area contributed by atoms with E-state index >= 15 is 0 Å². The second-order valence-corrected chi connectivity index (χ2v) is 2.92. The Kier molecular flexibility index (Phi) is 3.33. The number of alkyl halides is 3. The number of hydrogen-bond acceptors (Lipinski definition) is 3. The van der Waals surface area contributed by atoms with Crippen molar-refractivity contribution in [1.29, 1.82) is 0 Å². The molecule has 3 N–H and O–H groups in total. The summed E-state index contributed by atoms with van der Waals surface area (Å²) in [6, 6.07) is 1.69. The van der Waals surface area contributed by atoms with E-state index in [0.717, 1.165) is 12.3 Å². The highest BCUT2D eigenvalue weighted by Gasteiger charge is 2.34. The summed E-state index contributed by atoms with van der Waals surface area (Å²) in [5.74, 6) is 3.99. The summed E-state index contributed by atoms with van der Waals surface area (Å²) < 4.78 is 37.6. The Hall–Kier alpha value is -1.83. The van der Waals surface area contributed by atoms with E-state index in [1.807, 2.05) is 0 Å². The highest BCUT2D eigenvalue weighted by molar-refractivity contribution is 5.74. The van der Waals surface area contributed by atoms with Gasteiger partial charge < -0.3 is 4.57 Å². The lowest BCUT2D eigenvalue weighted by molar-refractivity contribution is -0.139. The Morgan fingerprint density at radius 3 is 2.62 bits per heavy atom. The van der Waals surface area contributed by atoms with Gasteiger partial charge in [0.2, 0.25) is 0 Å². The van der Waals surface area contributed by atoms with Crippen LogP contribution in [0.3, 0.4) is 0 Å². The van der Waals surface area contributed by atoms with Crippen molar-refractivity contribution in [3.05, 3.63) is 34.2 Å². The monoisotopic (exact) mass is 235 g/mol. The predicted octanol–water partition coefficient (Wildman–Crippen LogP) is -0.143. The van der Waals surface area contributed by atoms with Crippen LogP contribution in [0.1, 0.15) is 5.56 Å². The number of carbonyl (C=O) groups is 1. The summed E-state index contributed by atoms with van der Waals surface area (Å²) in [5, 5.41) is 0. The summed E-state index contributed by atoms with van der Waals surface area (Å²) >= 11 is 0. The van der Waals surface area contributed by atoms with E-state index in [1.54, 1.807) is 5.43 Å². The summed E-state index contributed by atoms with van der Waals surface area (Å²) in [6.45, 7) is -0.556. The van der Waals surface area contributed by atoms with Crippen LogP contribution < -0.4 is 16.8 Å². The number of carbonyl (C=O) groups excluding carboxylic acids is 1. The number of rotatable bonds is 2. The molecule has 16 heavy (non-hydrogen) atoms. The largest absolute Gasteiger partial charge is 0.421 e. The Bertz CT molecular complexity index is 453. The van der Waals surface area contributed by atoms with Crippen molar-refractivity contribution in [2.45, 2.75) is 12.7 Å². The number of hydrazine groups is 1. The van der Waals surface area contributed by atoms with E-state index in [-0.39, 0.29) is 0 Å². The molecule has 1 rings (SSSR count). The minimum atomic E-state index is -4.74. The Balaban J connectivity index is 3.15. The van der Waals surface area contributed by atoms with Gasteiger partial charge in [0.1, 0.15) is 12.1 Å². The summed E-state index contributed by atoms with van der Waals surface area (Å²) in [5.41, 5.74) is -0.880. The Morgan fingerprint density at radius 1 is 1.50 bits per heavy atom. The van der Waals surface area contributed by atoms with Crippen molar-refractivity contribution in [2.24, 2.45) is 5.84 Å². The molecule has 0 aromatic carbocycles. The van der Waals surface area contributed by atoms with E-state index in [9.17, 15) is 22.8 Å². The molecule has 0 aliphatic rings. The fraction of sp³-hybridized carbons (Fsp3) is 0.250. The van der Waals surface area contributed by atoms with Crippen LogP contribution in [0.15, 0.2) is 23.1 Å². The number of pyridine rings is 1. The minimum absolute atomic E-state index is 0.556. The van der Waals surface area contributed by atoms with Gasteiger partial charge >= 0.3 is 6.18 Å². The zero-order chi connectivity index (χ0) is 12.3. The zero-order valence-corrected chi connectivity index (χ0v) is 7.91. The topological polar surface area (TPSA) is 77.1 Å². The SMILES string of the molecule is NNC(=O)Cn1cccc(C(F)(F)F)c1=O. The van der Waals surface area contributed by atoms with Crippen LogP contribution in [-0.4, -0.2) is 10.5 Å². The second-order valence-electron chi connectivity index (χ2n) is 2.92. The first-order chi connectivity index (χ1) is 7.36. The van der Waals surface area contributed by atoms with Gasteiger partial charge in [0, 0.05) is 6.20 Å². The molecule has 0 aliphatic heterocycles. The molecule has 0 bridgehead atoms. The van der Waals surface area contributed by atoms with E-state index in [0.29, 0.717) is 10.6 Å². The number of halogens is 3. The van der Waals surface area contributed by atoms with Crippen molar-refractivity contribution in [3.63, 3.8) is 0 Å². The molecule has 0 saturated carbocycles. The summed E-state index contributed by atoms with van der Waals surface area (Å²) in [4.78, 5) is 22.1. The van der Waals surface area contributed by atoms with E-state index in [4.69, 9.17) is 5.84 Å². The van der Waals surface area contributed by atoms with E-state index in [1.165, 1.54) is 0 Å². The summed E-state index contributed by atoms with van der Waals surface area (Å²) in [6.07, 6.45) is -3.66. The van der Waals surface area contributed by atoms with Crippen molar-refractivity contribution in [1.82, 2.24) is 9.99 Å². The van der Waals surface area contributed by atoms with Crippen LogP contribution in [0.4, 0.5) is 13.2 Å². The molecule has 1 aromatic heterocycles. The number of hydrogen-bond donors (Lipinski definition) is 2. The molecule has 0 fully saturated rings. The Labute approximate surface area is 87.6 Å². The van der Waals surface area contributed by atoms with Crippen LogP contribution in [0.2, 0.25) is 0 Å². The molecule has 8 heteroatoms. The highest BCUT2D eigenvalue weighted by atomic mass is 19.4. The second kappa shape index (κ2) is 4.35. The smallest absolute Gasteiger partial charge is 0.306 e. The average molecular weight is 235 g/mol. The van der Waals surface area contributed by atoms with Gasteiger partial charge in [-0.3, -0.25) is 15.0 Å². The van der Waals surface area contributed by atoms with Crippen molar-refractivity contribution >= 4 is 5.91 Å². The average Bonchev–Trinajstić information content (AvgIpc) is 2.19. The quantitative estimate of drug-likeness (QED) is 0.425. The van der Waals surface area contributed by atoms with Crippen LogP contribution in [-0.2, 0) is 17.5 Å². The first-order valence-electron chi connectivity index (χ1n) is 4.12. The maximum absolute atomic E-state index is 12.3. The summed E-state index contributed by atoms with van der Waals surface area (Å²) in [7, 11) is 0. The molecule has 1 amide bonds. The number of aromatic nitrogens is 1. The number of nitrogens with zero attached hydrogens (tertiary/aromatic N) is 1. The fourth-order valence-corrected chi connectivity index (χ4v) is 1.08. The molecule has 0 aliphatic carbocycles. The lowest BCUT2D eigenvalue weighted by atomic mass is 10.2. The maximum Gasteiger partial charge on any atom is 0.421 e. The minimum Gasteiger partial charge on any atom is -0.306 e. The standard InChI is InChI=1S/C8H8F3N3O2/c9-8(10,11)5-2-1-3-14(7(5)16)4-6(15)13-12/h1-3H,4,12H2,(H,13,15). The lowest BCUT2D eigenvalue weighted by Gasteiger charge is -2.09. The predicted molar refractivity (Wildman–Crippen MR) is 48.0 cm³/mol. The molecular weight excluding hydrogens is 227 g/mol. The van der Waals surface area contributed by atoms with Gasteiger partial charge in [-0.05, 0) is 12.1 Å². The first-order valence-corrected chi connectivity index (χ1v) is 4.12. The first kappa shape index (κ1) is 12.2. The number of nitrogens with two attached hydrogens (primary N) is 1. The zero-order valence-electron chi connectivity index (χ0n) is 7.91. The van der Waals surface area contributed by atoms with E-state index < -0.39 is 29.8 Å². The third-order valence-electron chi connectivity index (χ3n) is 1.80. The Morgan fingerprint density at radius 2 is 2.12 bits per heavy atom. The molecule has 0 radical (unpaired) electrons. The van der Waals surface area contributed by atoms with Gasteiger partial charge in [0.15, 0.2) is 0 Å². The van der Waals surface area contributed by atoms with Crippen LogP contribution in [0.5, 0.6) is 0 Å². The van der Waals surface area contributed by atoms with Crippen LogP contribution in [0, 0.1) is 0 Å². The molecule has 0 saturated heterocycles. The number of nitrogens with one attached hydrogen (secondary N) is 1. The van der Waals surface area contributed by atoms with Crippen molar-refractivity contribution in [2.75, 3.05) is 0 Å². The third-order valence-corrected chi connectivity index (χ3v) is 1.80. The van der Waals surface area contributed by atoms with Gasteiger partial charge in [-0.1, -0.05) is 0 Å². The number of amides is 1. The molecule has 0 atom stereocenters. The normalized spacial score (nSPS) is 11.2. The lowest BCUT2D eigenvalue weighted by Crippen LogP contribution is -2.37. The molecule has 1 aromatic rings. The van der Waals surface area contributed by atoms with Gasteiger partial charge in [-0.15, -0.1) is 0 Å². The van der Waals surface area contributed by atoms with Gasteiger partial charge in [0.05, 0.1) is 0 Å². The van der Waals surface area contributed by atoms with Crippen molar-refractivity contribution in [3.8, 4) is 0 Å². The van der Waals surface area contributed by atoms with E-state index in [2.05, 4.69) is 0 Å². The highest BCUT2D eigenvalue weighted by Crippen LogP contribution is 2.25. The van der Waals surface area contributed by atoms with Crippen LogP contribution >= 0.6 is 0 Å².